The van der Waals surface area contributed by atoms with E-state index in [2.05, 4.69) is 22.5 Å². The van der Waals surface area contributed by atoms with Crippen molar-refractivity contribution in [3.63, 3.8) is 0 Å². The molecule has 4 nitrogen and oxygen atoms in total. The molecule has 1 aromatic heterocycles. The van der Waals surface area contributed by atoms with Gasteiger partial charge in [-0.15, -0.1) is 0 Å². The number of anilines is 1. The van der Waals surface area contributed by atoms with E-state index in [4.69, 9.17) is 4.74 Å². The summed E-state index contributed by atoms with van der Waals surface area (Å²) in [6, 6.07) is 0.344. The minimum absolute atomic E-state index is 0.315. The van der Waals surface area contributed by atoms with E-state index in [9.17, 15) is 4.79 Å². The Balaban J connectivity index is 2.11. The number of aryl methyl sites for hydroxylation is 1. The molecule has 1 aliphatic carbocycles. The fraction of sp³-hybridized carbons (Fsp3) is 0.455. The van der Waals surface area contributed by atoms with Gasteiger partial charge in [0.25, 0.3) is 0 Å². The molecule has 0 amide bonds. The average molecular weight is 238 g/mol. The molecule has 0 saturated carbocycles. The lowest BCUT2D eigenvalue weighted by molar-refractivity contribution is 0.0605. The van der Waals surface area contributed by atoms with Crippen molar-refractivity contribution < 1.29 is 9.53 Å². The second-order valence-electron chi connectivity index (χ2n) is 3.68. The number of carbonyl (C=O) groups is 1. The molecule has 16 heavy (non-hydrogen) atoms. The third-order valence-corrected chi connectivity index (χ3v) is 3.56. The number of hydrogen-bond acceptors (Lipinski definition) is 5. The second kappa shape index (κ2) is 4.65. The van der Waals surface area contributed by atoms with Gasteiger partial charge in [-0.05, 0) is 19.8 Å². The molecule has 0 radical (unpaired) electrons. The van der Waals surface area contributed by atoms with Crippen LogP contribution in [-0.4, -0.2) is 24.1 Å². The SMILES string of the molecule is COC(=O)c1sc(NC2C=CCC2)nc1C. The summed E-state index contributed by atoms with van der Waals surface area (Å²) in [5, 5.41) is 4.08. The molecular weight excluding hydrogens is 224 g/mol. The van der Waals surface area contributed by atoms with Crippen LogP contribution in [0.2, 0.25) is 0 Å². The van der Waals surface area contributed by atoms with E-state index >= 15 is 0 Å². The van der Waals surface area contributed by atoms with Crippen LogP contribution in [-0.2, 0) is 4.74 Å². The standard InChI is InChI=1S/C11H14N2O2S/c1-7-9(10(14)15-2)16-11(12-7)13-8-5-3-4-6-8/h3,5,8H,4,6H2,1-2H3,(H,12,13). The maximum atomic E-state index is 11.4. The van der Waals surface area contributed by atoms with Gasteiger partial charge in [-0.2, -0.15) is 0 Å². The van der Waals surface area contributed by atoms with E-state index in [0.29, 0.717) is 10.9 Å². The normalized spacial score (nSPS) is 18.8. The number of allylic oxidation sites excluding steroid dienone is 1. The number of thiazole rings is 1. The lowest BCUT2D eigenvalue weighted by atomic mass is 10.3. The van der Waals surface area contributed by atoms with Crippen molar-refractivity contribution in [1.29, 1.82) is 0 Å². The summed E-state index contributed by atoms with van der Waals surface area (Å²) in [5.41, 5.74) is 0.723. The van der Waals surface area contributed by atoms with Crippen LogP contribution in [0.25, 0.3) is 0 Å². The van der Waals surface area contributed by atoms with Crippen LogP contribution in [0.1, 0.15) is 28.2 Å². The lowest BCUT2D eigenvalue weighted by Crippen LogP contribution is -2.12. The van der Waals surface area contributed by atoms with Crippen molar-refractivity contribution >= 4 is 22.4 Å². The largest absolute Gasteiger partial charge is 0.465 e. The zero-order valence-electron chi connectivity index (χ0n) is 9.32. The fourth-order valence-electron chi connectivity index (χ4n) is 1.65. The van der Waals surface area contributed by atoms with Crippen LogP contribution >= 0.6 is 11.3 Å². The highest BCUT2D eigenvalue weighted by molar-refractivity contribution is 7.17. The van der Waals surface area contributed by atoms with Crippen molar-refractivity contribution in [1.82, 2.24) is 4.98 Å². The van der Waals surface area contributed by atoms with Gasteiger partial charge in [-0.1, -0.05) is 23.5 Å². The second-order valence-corrected chi connectivity index (χ2v) is 4.68. The predicted molar refractivity (Wildman–Crippen MR) is 64.0 cm³/mol. The smallest absolute Gasteiger partial charge is 0.350 e. The van der Waals surface area contributed by atoms with Crippen molar-refractivity contribution in [2.75, 3.05) is 12.4 Å². The Hall–Kier alpha value is -1.36. The van der Waals surface area contributed by atoms with Crippen LogP contribution in [0.4, 0.5) is 5.13 Å². The number of rotatable bonds is 3. The summed E-state index contributed by atoms with van der Waals surface area (Å²) in [6.07, 6.45) is 6.48. The van der Waals surface area contributed by atoms with Gasteiger partial charge >= 0.3 is 5.97 Å². The highest BCUT2D eigenvalue weighted by Crippen LogP contribution is 2.25. The van der Waals surface area contributed by atoms with Gasteiger partial charge in [0.1, 0.15) is 4.88 Å². The van der Waals surface area contributed by atoms with Crippen LogP contribution in [0.15, 0.2) is 12.2 Å². The van der Waals surface area contributed by atoms with Crippen LogP contribution < -0.4 is 5.32 Å². The summed E-state index contributed by atoms with van der Waals surface area (Å²) in [6.45, 7) is 1.82. The molecule has 2 rings (SSSR count). The van der Waals surface area contributed by atoms with E-state index in [1.807, 2.05) is 6.92 Å². The Morgan fingerprint density at radius 2 is 2.50 bits per heavy atom. The molecule has 1 N–H and O–H groups in total. The van der Waals surface area contributed by atoms with E-state index in [1.54, 1.807) is 0 Å². The van der Waals surface area contributed by atoms with Gasteiger partial charge in [0.2, 0.25) is 0 Å². The molecule has 1 unspecified atom stereocenters. The monoisotopic (exact) mass is 238 g/mol. The maximum Gasteiger partial charge on any atom is 0.350 e. The van der Waals surface area contributed by atoms with Crippen molar-refractivity contribution in [2.45, 2.75) is 25.8 Å². The molecule has 86 valence electrons. The Labute approximate surface area is 98.3 Å². The Morgan fingerprint density at radius 1 is 1.69 bits per heavy atom. The first kappa shape index (κ1) is 11.1. The molecule has 1 heterocycles. The zero-order valence-corrected chi connectivity index (χ0v) is 10.1. The molecule has 0 spiro atoms. The van der Waals surface area contributed by atoms with Crippen LogP contribution in [0.5, 0.6) is 0 Å². The number of nitrogens with one attached hydrogen (secondary N) is 1. The van der Waals surface area contributed by atoms with E-state index < -0.39 is 0 Å². The molecule has 1 aromatic rings. The lowest BCUT2D eigenvalue weighted by Gasteiger charge is -2.07. The predicted octanol–water partition coefficient (Wildman–Crippen LogP) is 2.37. The van der Waals surface area contributed by atoms with Gasteiger partial charge in [0.05, 0.1) is 12.8 Å². The van der Waals surface area contributed by atoms with Crippen LogP contribution in [0.3, 0.4) is 0 Å². The number of esters is 1. The first-order chi connectivity index (χ1) is 7.70. The molecule has 0 saturated heterocycles. The number of ether oxygens (including phenoxy) is 1. The van der Waals surface area contributed by atoms with E-state index in [-0.39, 0.29) is 5.97 Å². The fourth-order valence-corrected chi connectivity index (χ4v) is 2.60. The van der Waals surface area contributed by atoms with Crippen molar-refractivity contribution in [2.24, 2.45) is 0 Å². The first-order valence-corrected chi connectivity index (χ1v) is 6.01. The van der Waals surface area contributed by atoms with Gasteiger partial charge in [-0.25, -0.2) is 9.78 Å². The Bertz CT molecular complexity index is 426. The van der Waals surface area contributed by atoms with E-state index in [0.717, 1.165) is 23.7 Å². The third kappa shape index (κ3) is 2.24. The summed E-state index contributed by atoms with van der Waals surface area (Å²) in [5.74, 6) is -0.315. The number of methoxy groups -OCH3 is 1. The quantitative estimate of drug-likeness (QED) is 0.649. The molecule has 0 bridgehead atoms. The van der Waals surface area contributed by atoms with Crippen molar-refractivity contribution in [3.8, 4) is 0 Å². The summed E-state index contributed by atoms with van der Waals surface area (Å²) in [7, 11) is 1.38. The summed E-state index contributed by atoms with van der Waals surface area (Å²) in [4.78, 5) is 16.3. The molecule has 0 aromatic carbocycles. The minimum Gasteiger partial charge on any atom is -0.465 e. The zero-order chi connectivity index (χ0) is 11.5. The topological polar surface area (TPSA) is 51.2 Å². The highest BCUT2D eigenvalue weighted by atomic mass is 32.1. The average Bonchev–Trinajstić information content (AvgIpc) is 2.88. The summed E-state index contributed by atoms with van der Waals surface area (Å²) < 4.78 is 4.69. The van der Waals surface area contributed by atoms with E-state index in [1.165, 1.54) is 18.4 Å². The van der Waals surface area contributed by atoms with Crippen LogP contribution in [0, 0.1) is 6.92 Å². The maximum absolute atomic E-state index is 11.4. The minimum atomic E-state index is -0.315. The van der Waals surface area contributed by atoms with Gasteiger partial charge in [0, 0.05) is 6.04 Å². The number of carbonyl (C=O) groups excluding carboxylic acids is 1. The molecule has 5 heteroatoms. The van der Waals surface area contributed by atoms with Gasteiger partial charge in [-0.3, -0.25) is 0 Å². The highest BCUT2D eigenvalue weighted by Gasteiger charge is 2.17. The molecule has 0 aliphatic heterocycles. The van der Waals surface area contributed by atoms with Gasteiger partial charge < -0.3 is 10.1 Å². The number of hydrogen-bond donors (Lipinski definition) is 1. The Kier molecular flexibility index (Phi) is 3.24. The molecule has 1 atom stereocenters. The Morgan fingerprint density at radius 3 is 3.12 bits per heavy atom. The third-order valence-electron chi connectivity index (χ3n) is 2.49. The first-order valence-electron chi connectivity index (χ1n) is 5.19. The van der Waals surface area contributed by atoms with Crippen molar-refractivity contribution in [3.05, 3.63) is 22.7 Å². The summed E-state index contributed by atoms with van der Waals surface area (Å²) >= 11 is 1.35. The number of aromatic nitrogens is 1. The van der Waals surface area contributed by atoms with Gasteiger partial charge in [0.15, 0.2) is 5.13 Å². The molecule has 0 fully saturated rings. The molecule has 1 aliphatic rings. The molecular formula is C11H14N2O2S. The number of nitrogens with zero attached hydrogens (tertiary/aromatic N) is 1.